The summed E-state index contributed by atoms with van der Waals surface area (Å²) in [5.41, 5.74) is 4.20. The topological polar surface area (TPSA) is 49.0 Å². The third-order valence-electron chi connectivity index (χ3n) is 6.14. The van der Waals surface area contributed by atoms with E-state index in [1.54, 1.807) is 11.3 Å². The highest BCUT2D eigenvalue weighted by molar-refractivity contribution is 7.18. The van der Waals surface area contributed by atoms with Gasteiger partial charge in [0, 0.05) is 10.9 Å². The third-order valence-corrected chi connectivity index (χ3v) is 7.33. The quantitative estimate of drug-likeness (QED) is 0.735. The number of rotatable bonds is 3. The number of aromatic amines is 1. The molecule has 140 valence electrons. The average molecular weight is 380 g/mol. The number of nitrogens with zero attached hydrogens (tertiary/aromatic N) is 2. The molecular weight excluding hydrogens is 354 g/mol. The second-order valence-electron chi connectivity index (χ2n) is 7.93. The Morgan fingerprint density at radius 1 is 1.19 bits per heavy atom. The molecule has 2 heterocycles. The summed E-state index contributed by atoms with van der Waals surface area (Å²) >= 11 is 1.73. The Kier molecular flexibility index (Phi) is 4.37. The number of benzene rings is 1. The van der Waals surface area contributed by atoms with Crippen LogP contribution in [0.1, 0.15) is 59.1 Å². The Hall–Kier alpha value is -1.98. The molecule has 0 unspecified atom stereocenters. The predicted molar refractivity (Wildman–Crippen MR) is 110 cm³/mol. The fraction of sp³-hybridized carbons (Fsp3) is 0.455. The first-order chi connectivity index (χ1) is 13.2. The molecule has 0 spiro atoms. The Morgan fingerprint density at radius 3 is 2.96 bits per heavy atom. The zero-order valence-corrected chi connectivity index (χ0v) is 16.6. The van der Waals surface area contributed by atoms with Crippen molar-refractivity contribution in [3.63, 3.8) is 0 Å². The SMILES string of the molecule is CN(Cc1nc2sc3c(c2c(=O)[nH]1)CCCC3)[C@@H]1CCCc2ccccc21. The highest BCUT2D eigenvalue weighted by Crippen LogP contribution is 2.35. The highest BCUT2D eigenvalue weighted by atomic mass is 32.1. The molecule has 3 aromatic rings. The van der Waals surface area contributed by atoms with Crippen LogP contribution in [-0.4, -0.2) is 21.9 Å². The predicted octanol–water partition coefficient (Wildman–Crippen LogP) is 4.37. The van der Waals surface area contributed by atoms with Crippen LogP contribution in [0.5, 0.6) is 0 Å². The number of aryl methyl sites for hydroxylation is 3. The molecule has 27 heavy (non-hydrogen) atoms. The molecule has 0 saturated heterocycles. The molecule has 5 heteroatoms. The van der Waals surface area contributed by atoms with Crippen LogP contribution >= 0.6 is 11.3 Å². The van der Waals surface area contributed by atoms with E-state index in [0.717, 1.165) is 35.3 Å². The van der Waals surface area contributed by atoms with E-state index in [1.807, 2.05) is 0 Å². The van der Waals surface area contributed by atoms with Gasteiger partial charge in [-0.3, -0.25) is 9.69 Å². The molecule has 0 bridgehead atoms. The lowest BCUT2D eigenvalue weighted by Gasteiger charge is -2.33. The van der Waals surface area contributed by atoms with Gasteiger partial charge in [0.15, 0.2) is 0 Å². The third kappa shape index (κ3) is 3.03. The van der Waals surface area contributed by atoms with E-state index >= 15 is 0 Å². The van der Waals surface area contributed by atoms with E-state index < -0.39 is 0 Å². The van der Waals surface area contributed by atoms with Crippen molar-refractivity contribution in [1.29, 1.82) is 0 Å². The molecule has 0 aliphatic heterocycles. The number of fused-ring (bicyclic) bond motifs is 4. The highest BCUT2D eigenvalue weighted by Gasteiger charge is 2.25. The molecule has 2 aliphatic rings. The van der Waals surface area contributed by atoms with Crippen molar-refractivity contribution in [2.24, 2.45) is 0 Å². The van der Waals surface area contributed by atoms with Crippen molar-refractivity contribution in [3.05, 3.63) is 62.0 Å². The van der Waals surface area contributed by atoms with Crippen LogP contribution in [0.2, 0.25) is 0 Å². The van der Waals surface area contributed by atoms with E-state index in [2.05, 4.69) is 41.2 Å². The monoisotopic (exact) mass is 379 g/mol. The smallest absolute Gasteiger partial charge is 0.259 e. The maximum absolute atomic E-state index is 12.8. The van der Waals surface area contributed by atoms with Crippen LogP contribution in [0.3, 0.4) is 0 Å². The molecule has 2 aliphatic carbocycles. The summed E-state index contributed by atoms with van der Waals surface area (Å²) in [6.45, 7) is 0.673. The fourth-order valence-corrected chi connectivity index (χ4v) is 6.10. The maximum atomic E-state index is 12.8. The Labute approximate surface area is 163 Å². The standard InChI is InChI=1S/C22H25N3OS/c1-25(17-11-6-8-14-7-2-3-9-15(14)17)13-19-23-21(26)20-16-10-4-5-12-18(16)27-22(20)24-19/h2-3,7,9,17H,4-6,8,10-13H2,1H3,(H,23,24,26)/t17-/m1/s1. The van der Waals surface area contributed by atoms with Gasteiger partial charge in [0.05, 0.1) is 11.9 Å². The maximum Gasteiger partial charge on any atom is 0.259 e. The first-order valence-corrected chi connectivity index (χ1v) is 10.8. The lowest BCUT2D eigenvalue weighted by atomic mass is 9.87. The Balaban J connectivity index is 1.46. The molecule has 0 fully saturated rings. The molecule has 0 amide bonds. The van der Waals surface area contributed by atoms with Gasteiger partial charge in [0.25, 0.3) is 5.56 Å². The fourth-order valence-electron chi connectivity index (χ4n) is 4.82. The zero-order chi connectivity index (χ0) is 18.4. The van der Waals surface area contributed by atoms with Gasteiger partial charge >= 0.3 is 0 Å². The minimum atomic E-state index is 0.0480. The summed E-state index contributed by atoms with van der Waals surface area (Å²) in [6.07, 6.45) is 8.09. The van der Waals surface area contributed by atoms with E-state index in [9.17, 15) is 4.79 Å². The van der Waals surface area contributed by atoms with E-state index in [4.69, 9.17) is 4.98 Å². The number of hydrogen-bond donors (Lipinski definition) is 1. The largest absolute Gasteiger partial charge is 0.309 e. The van der Waals surface area contributed by atoms with E-state index in [0.29, 0.717) is 12.6 Å². The number of H-pyrrole nitrogens is 1. The summed E-state index contributed by atoms with van der Waals surface area (Å²) in [4.78, 5) is 25.4. The average Bonchev–Trinajstić information content (AvgIpc) is 3.06. The van der Waals surface area contributed by atoms with Crippen LogP contribution in [-0.2, 0) is 25.8 Å². The Bertz CT molecular complexity index is 1050. The van der Waals surface area contributed by atoms with Gasteiger partial charge in [-0.1, -0.05) is 24.3 Å². The molecule has 5 rings (SSSR count). The van der Waals surface area contributed by atoms with Gasteiger partial charge in [-0.15, -0.1) is 11.3 Å². The van der Waals surface area contributed by atoms with Crippen molar-refractivity contribution in [2.45, 2.75) is 57.5 Å². The van der Waals surface area contributed by atoms with Gasteiger partial charge in [-0.2, -0.15) is 0 Å². The molecule has 1 aromatic carbocycles. The van der Waals surface area contributed by atoms with Gasteiger partial charge in [0.2, 0.25) is 0 Å². The minimum Gasteiger partial charge on any atom is -0.309 e. The van der Waals surface area contributed by atoms with Crippen molar-refractivity contribution >= 4 is 21.6 Å². The summed E-state index contributed by atoms with van der Waals surface area (Å²) in [7, 11) is 2.15. The summed E-state index contributed by atoms with van der Waals surface area (Å²) in [5.74, 6) is 0.789. The molecule has 2 aromatic heterocycles. The van der Waals surface area contributed by atoms with Crippen molar-refractivity contribution in [3.8, 4) is 0 Å². The second kappa shape index (κ2) is 6.88. The molecule has 4 nitrogen and oxygen atoms in total. The minimum absolute atomic E-state index is 0.0480. The van der Waals surface area contributed by atoms with Crippen molar-refractivity contribution in [1.82, 2.24) is 14.9 Å². The molecule has 0 radical (unpaired) electrons. The zero-order valence-electron chi connectivity index (χ0n) is 15.8. The summed E-state index contributed by atoms with van der Waals surface area (Å²) in [6, 6.07) is 9.16. The summed E-state index contributed by atoms with van der Waals surface area (Å²) < 4.78 is 0. The second-order valence-corrected chi connectivity index (χ2v) is 9.01. The van der Waals surface area contributed by atoms with Crippen molar-refractivity contribution < 1.29 is 0 Å². The van der Waals surface area contributed by atoms with Gasteiger partial charge in [-0.25, -0.2) is 4.98 Å². The molecule has 1 N–H and O–H groups in total. The first-order valence-electron chi connectivity index (χ1n) is 10.0. The van der Waals surface area contributed by atoms with Crippen LogP contribution in [0.4, 0.5) is 0 Å². The van der Waals surface area contributed by atoms with Gasteiger partial charge in [-0.05, 0) is 68.7 Å². The number of aromatic nitrogens is 2. The lowest BCUT2D eigenvalue weighted by Crippen LogP contribution is -2.29. The lowest BCUT2D eigenvalue weighted by molar-refractivity contribution is 0.208. The van der Waals surface area contributed by atoms with Gasteiger partial charge < -0.3 is 4.98 Å². The Morgan fingerprint density at radius 2 is 2.04 bits per heavy atom. The first kappa shape index (κ1) is 17.1. The van der Waals surface area contributed by atoms with Crippen LogP contribution < -0.4 is 5.56 Å². The van der Waals surface area contributed by atoms with E-state index in [1.165, 1.54) is 47.3 Å². The van der Waals surface area contributed by atoms with Crippen LogP contribution in [0.25, 0.3) is 10.2 Å². The molecule has 0 saturated carbocycles. The van der Waals surface area contributed by atoms with Crippen molar-refractivity contribution in [2.75, 3.05) is 7.05 Å². The van der Waals surface area contributed by atoms with Crippen LogP contribution in [0, 0.1) is 0 Å². The number of nitrogens with one attached hydrogen (secondary N) is 1. The van der Waals surface area contributed by atoms with Gasteiger partial charge in [0.1, 0.15) is 10.7 Å². The van der Waals surface area contributed by atoms with Crippen LogP contribution in [0.15, 0.2) is 29.1 Å². The summed E-state index contributed by atoms with van der Waals surface area (Å²) in [5, 5.41) is 0.851. The number of hydrogen-bond acceptors (Lipinski definition) is 4. The number of thiophene rings is 1. The molecular formula is C22H25N3OS. The molecule has 1 atom stereocenters. The van der Waals surface area contributed by atoms with E-state index in [-0.39, 0.29) is 5.56 Å². The normalized spacial score (nSPS) is 19.3.